The Labute approximate surface area is 658 Å². The zero-order valence-electron chi connectivity index (χ0n) is 56.8. The number of rotatable bonds is 13. The van der Waals surface area contributed by atoms with Gasteiger partial charge in [0, 0.05) is 108 Å². The quantitative estimate of drug-likeness (QED) is 0.00878. The number of nitriles is 3. The van der Waals surface area contributed by atoms with Gasteiger partial charge in [-0.15, -0.1) is 13.0 Å². The number of halogens is 1. The van der Waals surface area contributed by atoms with Crippen LogP contribution in [0.25, 0.3) is 55.6 Å². The minimum Gasteiger partial charge on any atom is -0.857 e. The molecule has 0 saturated carbocycles. The maximum absolute atomic E-state index is 11.9. The van der Waals surface area contributed by atoms with Gasteiger partial charge in [-0.05, 0) is 165 Å². The number of carbonyl (C=O) groups excluding carboxylic acids is 3. The molecule has 10 aromatic heterocycles. The number of aliphatic imine (C=N–C) groups is 1. The summed E-state index contributed by atoms with van der Waals surface area (Å²) in [5, 5.41) is 62.3. The van der Waals surface area contributed by atoms with E-state index in [1.54, 1.807) is 150 Å². The van der Waals surface area contributed by atoms with Crippen molar-refractivity contribution in [2.24, 2.45) is 10.1 Å². The Bertz CT molecular complexity index is 4720. The minimum absolute atomic E-state index is 0. The van der Waals surface area contributed by atoms with Crippen LogP contribution in [0.5, 0.6) is 0 Å². The number of pyridine rings is 5. The fourth-order valence-electron chi connectivity index (χ4n) is 9.02. The maximum atomic E-state index is 11.9. The molecular weight excluding hydrogens is 1450 g/mol. The van der Waals surface area contributed by atoms with Gasteiger partial charge in [0.05, 0.1) is 35.6 Å². The second-order valence-electron chi connectivity index (χ2n) is 19.2. The smallest absolute Gasteiger partial charge is 0.857 e. The molecule has 2 amide bonds. The molecule has 10 heterocycles. The topological polar surface area (TPSA) is 531 Å². The van der Waals surface area contributed by atoms with Gasteiger partial charge in [0.25, 0.3) is 11.8 Å². The van der Waals surface area contributed by atoms with Crippen LogP contribution in [0.4, 0.5) is 0 Å². The number of carboxylic acid groups (broad SMARTS) is 1. The second-order valence-corrected chi connectivity index (χ2v) is 24.5. The second kappa shape index (κ2) is 47.6. The van der Waals surface area contributed by atoms with E-state index in [1.165, 1.54) is 32.5 Å². The molecule has 8 N–H and O–H groups in total. The molecule has 0 spiro atoms. The van der Waals surface area contributed by atoms with E-state index >= 15 is 0 Å². The van der Waals surface area contributed by atoms with Gasteiger partial charge in [-0.2, -0.15) is 36.3 Å². The zero-order chi connectivity index (χ0) is 74.1. The Morgan fingerprint density at radius 1 is 0.559 bits per heavy atom. The number of nitrogens with two attached hydrogens (primary N) is 1. The van der Waals surface area contributed by atoms with Gasteiger partial charge in [-0.3, -0.25) is 54.5 Å². The summed E-state index contributed by atoms with van der Waals surface area (Å²) in [6.45, 7) is 13.6. The van der Waals surface area contributed by atoms with Crippen LogP contribution in [-0.2, 0) is 24.0 Å². The third kappa shape index (κ3) is 27.7. The van der Waals surface area contributed by atoms with E-state index in [0.29, 0.717) is 28.2 Å². The molecule has 3 unspecified atom stereocenters. The summed E-state index contributed by atoms with van der Waals surface area (Å²) in [4.78, 5) is 74.3. The van der Waals surface area contributed by atoms with Crippen molar-refractivity contribution in [1.29, 1.82) is 15.8 Å². The van der Waals surface area contributed by atoms with E-state index in [1.807, 2.05) is 57.2 Å². The van der Waals surface area contributed by atoms with Crippen LogP contribution < -0.4 is 124 Å². The normalized spacial score (nSPS) is 10.3. The number of carboxylic acids is 1. The Hall–Kier alpha value is -8.49. The fraction of sp³-hybridized carbons (Fsp3) is 0.145. The first kappa shape index (κ1) is 93.5. The zero-order valence-corrected chi connectivity index (χ0v) is 67.0. The molecule has 10 rings (SSSR count). The molecule has 0 bridgehead atoms. The third-order valence-corrected chi connectivity index (χ3v) is 16.2. The molecule has 10 aromatic rings. The van der Waals surface area contributed by atoms with Gasteiger partial charge in [-0.25, -0.2) is 9.93 Å². The van der Waals surface area contributed by atoms with E-state index < -0.39 is 69.2 Å². The van der Waals surface area contributed by atoms with Crippen molar-refractivity contribution in [3.05, 3.63) is 210 Å². The summed E-state index contributed by atoms with van der Waals surface area (Å²) < 4.78 is 80.9. The molecule has 0 aliphatic carbocycles. The predicted octanol–water partition coefficient (Wildman–Crippen LogP) is -3.11. The molecule has 0 aliphatic heterocycles. The number of aromatic amines is 2. The van der Waals surface area contributed by atoms with Crippen molar-refractivity contribution >= 4 is 64.1 Å². The third-order valence-electron chi connectivity index (χ3n) is 13.4. The summed E-state index contributed by atoms with van der Waals surface area (Å²) in [5.41, 5.74) is 14.2. The Morgan fingerprint density at radius 2 is 0.843 bits per heavy atom. The van der Waals surface area contributed by atoms with Crippen LogP contribution in [0, 0.1) is 80.3 Å². The average molecular weight is 1510 g/mol. The molecular formula is C62H61ClN17Na3O15P3S+3. The molecule has 0 saturated heterocycles. The number of H-pyrrole nitrogens is 2. The van der Waals surface area contributed by atoms with Crippen LogP contribution in [0.2, 0.25) is 0 Å². The van der Waals surface area contributed by atoms with Crippen molar-refractivity contribution in [2.45, 2.75) is 34.6 Å². The number of aromatic nitrogens is 10. The van der Waals surface area contributed by atoms with Crippen LogP contribution in [0.1, 0.15) is 75.5 Å². The molecule has 0 aromatic carbocycles. The SMILES string of the molecule is C[O-].Cc1c(-c2ccncc2)c[nH]c1C(=O)NC#N.Cc1c(-c2ccncc2)c[nH]c1C([O-])=NC#N.Cc1c(-c2ccncc2)cn([P+](C)=O)c1C(=O)NC#N.Cc1c(-c2ccncc2)cn([P+](C)=O)c1C(=O)O.Cc1c(-c2ccncc2)cn([P+](C)=O)c1C=O.NS(=O)(=O)O.[Na+].[Na+].[Na+].[O-][Cl+][O-]. The van der Waals surface area contributed by atoms with Gasteiger partial charge in [0.1, 0.15) is 11.4 Å². The Morgan fingerprint density at radius 3 is 1.14 bits per heavy atom. The van der Waals surface area contributed by atoms with Crippen LogP contribution >= 0.6 is 23.9 Å². The van der Waals surface area contributed by atoms with Gasteiger partial charge >= 0.3 is 129 Å². The minimum atomic E-state index is -4.17. The Kier molecular flexibility index (Phi) is 43.7. The number of nitrogens with zero attached hydrogens (tertiary/aromatic N) is 12. The molecule has 102 heavy (non-hydrogen) atoms. The van der Waals surface area contributed by atoms with Gasteiger partial charge in [0.15, 0.2) is 50.1 Å². The average Bonchev–Trinajstić information content (AvgIpc) is 1.68. The number of aldehydes is 1. The van der Waals surface area contributed by atoms with Gasteiger partial charge in [-0.1, -0.05) is 0 Å². The standard InChI is InChI=1S/C13H11N4O2P.2C12H10N4O.C12H11N2O3P.C12H12N2O2P.CH3O.ClO2.H3NO3S.3Na/c1-9-11(10-3-5-15-6-4-10)7-17(20(2)19)12(9)13(18)16-8-14;2*1-8-10(9-2-4-14-5-3-9)6-15-11(8)12(17)16-7-13;1-8-10(9-3-5-13-6-4-9)7-14(18(2)17)11(8)12(15)16;1-9-11(10-3-5-13-6-4-10)7-14(17(2)16)12(9)8-15;1-2;2-1-3;1-5(2,3)4;;;/h3-7H,1-2H3;2*2-6,15H,1H3,(H,16,17);3-7H,1-2H3;3-8H,1-2H3;1H3;;(H3,1,2,3,4);;;/q;;;;+1;2*-1;;3*+1/p+1. The summed E-state index contributed by atoms with van der Waals surface area (Å²) in [5.74, 6) is -2.61. The summed E-state index contributed by atoms with van der Waals surface area (Å²) in [6.07, 6.45) is 30.7. The van der Waals surface area contributed by atoms with E-state index in [9.17, 15) is 43.1 Å². The molecule has 3 atom stereocenters. The van der Waals surface area contributed by atoms with Crippen molar-refractivity contribution in [2.75, 3.05) is 27.1 Å². The summed E-state index contributed by atoms with van der Waals surface area (Å²) >= 11 is -0.417. The number of amides is 2. The van der Waals surface area contributed by atoms with Crippen LogP contribution in [-0.4, -0.2) is 123 Å². The molecule has 32 nitrogen and oxygen atoms in total. The first-order valence-corrected chi connectivity index (χ1v) is 34.8. The molecule has 512 valence electrons. The first-order chi connectivity index (χ1) is 47.1. The monoisotopic (exact) mass is 1510 g/mol. The number of nitrogens with one attached hydrogen (secondary N) is 4. The van der Waals surface area contributed by atoms with E-state index in [-0.39, 0.29) is 100 Å². The first-order valence-electron chi connectivity index (χ1n) is 27.7. The molecule has 40 heteroatoms. The van der Waals surface area contributed by atoms with E-state index in [4.69, 9.17) is 43.2 Å². The van der Waals surface area contributed by atoms with Crippen molar-refractivity contribution in [3.63, 3.8) is 0 Å². The summed E-state index contributed by atoms with van der Waals surface area (Å²) in [6, 6.07) is 18.4. The number of aromatic carboxylic acids is 1. The largest absolute Gasteiger partial charge is 1.00 e. The number of hydrogen-bond donors (Lipinski definition) is 7. The molecule has 0 fully saturated rings. The van der Waals surface area contributed by atoms with Gasteiger partial charge in [0.2, 0.25) is 6.19 Å². The summed E-state index contributed by atoms with van der Waals surface area (Å²) in [7, 11) is -8.53. The maximum Gasteiger partial charge on any atom is 1.00 e. The van der Waals surface area contributed by atoms with Crippen molar-refractivity contribution in [3.8, 4) is 74.2 Å². The van der Waals surface area contributed by atoms with E-state index in [2.05, 4.69) is 55.7 Å². The number of hydrogen-bond acceptors (Lipinski definition) is 22. The number of carbonyl (C=O) groups is 4. The van der Waals surface area contributed by atoms with E-state index in [0.717, 1.165) is 85.7 Å². The Balaban J connectivity index is 0.00000120. The van der Waals surface area contributed by atoms with Crippen LogP contribution in [0.15, 0.2) is 159 Å². The predicted molar refractivity (Wildman–Crippen MR) is 354 cm³/mol. The fourth-order valence-corrected chi connectivity index (χ4v) is 11.4. The van der Waals surface area contributed by atoms with Crippen molar-refractivity contribution in [1.82, 2.24) is 58.5 Å². The molecule has 0 radical (unpaired) electrons. The van der Waals surface area contributed by atoms with Gasteiger partial charge < -0.3 is 34.6 Å². The van der Waals surface area contributed by atoms with Crippen LogP contribution in [0.3, 0.4) is 0 Å². The van der Waals surface area contributed by atoms with Crippen molar-refractivity contribution < 1.29 is 170 Å². The molecule has 0 aliphatic rings.